The summed E-state index contributed by atoms with van der Waals surface area (Å²) in [5.41, 5.74) is -5.56. The van der Waals surface area contributed by atoms with Crippen molar-refractivity contribution >= 4 is 11.7 Å². The molecular weight excluding hydrogens is 404 g/mol. The first kappa shape index (κ1) is 22.5. The molecule has 4 nitrogen and oxygen atoms in total. The fourth-order valence-electron chi connectivity index (χ4n) is 2.68. The number of esters is 1. The van der Waals surface area contributed by atoms with E-state index in [9.17, 15) is 36.2 Å². The highest BCUT2D eigenvalue weighted by atomic mass is 19.4. The maximum Gasteiger partial charge on any atom is 0.430 e. The van der Waals surface area contributed by atoms with E-state index in [2.05, 4.69) is 10.1 Å². The molecule has 0 aliphatic rings. The number of anilines is 1. The normalized spacial score (nSPS) is 13.7. The Morgan fingerprint density at radius 3 is 1.93 bits per heavy atom. The SMILES string of the molecule is COC(=O)C(Cc1ccccc1)Nc1ccc(C(O)(C(F)(F)F)C(F)(F)F)cc1. The quantitative estimate of drug-likeness (QED) is 0.543. The smallest absolute Gasteiger partial charge is 0.430 e. The summed E-state index contributed by atoms with van der Waals surface area (Å²) in [4.78, 5) is 12.0. The van der Waals surface area contributed by atoms with E-state index < -0.39 is 35.5 Å². The van der Waals surface area contributed by atoms with Gasteiger partial charge < -0.3 is 15.2 Å². The fourth-order valence-corrected chi connectivity index (χ4v) is 2.68. The fraction of sp³-hybridized carbons (Fsp3) is 0.316. The van der Waals surface area contributed by atoms with Crippen molar-refractivity contribution in [3.63, 3.8) is 0 Å². The molecule has 2 N–H and O–H groups in total. The minimum Gasteiger partial charge on any atom is -0.467 e. The lowest BCUT2D eigenvalue weighted by Gasteiger charge is -2.32. The van der Waals surface area contributed by atoms with Crippen molar-refractivity contribution in [3.05, 3.63) is 65.7 Å². The van der Waals surface area contributed by atoms with Crippen molar-refractivity contribution in [3.8, 4) is 0 Å². The Morgan fingerprint density at radius 1 is 0.966 bits per heavy atom. The van der Waals surface area contributed by atoms with Crippen LogP contribution in [0.5, 0.6) is 0 Å². The number of carbonyl (C=O) groups is 1. The molecule has 0 bridgehead atoms. The van der Waals surface area contributed by atoms with Crippen molar-refractivity contribution in [2.75, 3.05) is 12.4 Å². The lowest BCUT2D eigenvalue weighted by molar-refractivity contribution is -0.376. The van der Waals surface area contributed by atoms with E-state index >= 15 is 0 Å². The summed E-state index contributed by atoms with van der Waals surface area (Å²) in [5.74, 6) is -0.667. The molecule has 2 aromatic rings. The number of benzene rings is 2. The Labute approximate surface area is 162 Å². The number of alkyl halides is 6. The summed E-state index contributed by atoms with van der Waals surface area (Å²) in [6, 6.07) is 10.6. The van der Waals surface area contributed by atoms with E-state index in [4.69, 9.17) is 0 Å². The molecule has 29 heavy (non-hydrogen) atoms. The molecule has 0 saturated carbocycles. The minimum atomic E-state index is -5.97. The van der Waals surface area contributed by atoms with E-state index in [0.29, 0.717) is 12.1 Å². The van der Waals surface area contributed by atoms with E-state index in [0.717, 1.165) is 24.8 Å². The van der Waals surface area contributed by atoms with Crippen LogP contribution >= 0.6 is 0 Å². The van der Waals surface area contributed by atoms with Crippen molar-refractivity contribution in [2.45, 2.75) is 30.4 Å². The molecule has 0 aliphatic heterocycles. The van der Waals surface area contributed by atoms with Crippen molar-refractivity contribution < 1.29 is 41.0 Å². The highest BCUT2D eigenvalue weighted by Crippen LogP contribution is 2.50. The van der Waals surface area contributed by atoms with Crippen molar-refractivity contribution in [1.82, 2.24) is 0 Å². The van der Waals surface area contributed by atoms with Crippen LogP contribution in [0, 0.1) is 0 Å². The molecular formula is C19H17F6NO3. The third-order valence-electron chi connectivity index (χ3n) is 4.23. The summed E-state index contributed by atoms with van der Waals surface area (Å²) in [6.07, 6.45) is -11.8. The van der Waals surface area contributed by atoms with Gasteiger partial charge >= 0.3 is 18.3 Å². The van der Waals surface area contributed by atoms with Crippen LogP contribution in [0.1, 0.15) is 11.1 Å². The van der Waals surface area contributed by atoms with E-state index in [1.54, 1.807) is 30.3 Å². The van der Waals surface area contributed by atoms with Crippen molar-refractivity contribution in [2.24, 2.45) is 0 Å². The number of nitrogens with one attached hydrogen (secondary N) is 1. The zero-order chi connectivity index (χ0) is 21.9. The largest absolute Gasteiger partial charge is 0.467 e. The Hall–Kier alpha value is -2.75. The molecule has 0 aliphatic carbocycles. The number of hydrogen-bond acceptors (Lipinski definition) is 4. The first-order valence-corrected chi connectivity index (χ1v) is 8.25. The molecule has 0 heterocycles. The predicted octanol–water partition coefficient (Wildman–Crippen LogP) is 4.20. The molecule has 0 amide bonds. The van der Waals surface area contributed by atoms with Gasteiger partial charge in [0.1, 0.15) is 6.04 Å². The number of ether oxygens (including phenoxy) is 1. The number of halogens is 6. The summed E-state index contributed by atoms with van der Waals surface area (Å²) in [6.45, 7) is 0. The minimum absolute atomic E-state index is 0.0757. The van der Waals surface area contributed by atoms with E-state index in [1.807, 2.05) is 0 Å². The molecule has 2 aromatic carbocycles. The van der Waals surface area contributed by atoms with Gasteiger partial charge in [0, 0.05) is 17.7 Å². The van der Waals surface area contributed by atoms with Gasteiger partial charge in [-0.05, 0) is 17.7 Å². The second kappa shape index (κ2) is 8.32. The third-order valence-corrected chi connectivity index (χ3v) is 4.23. The highest BCUT2D eigenvalue weighted by Gasteiger charge is 2.71. The maximum absolute atomic E-state index is 12.9. The molecule has 10 heteroatoms. The van der Waals surface area contributed by atoms with Gasteiger partial charge in [0.05, 0.1) is 7.11 Å². The Bertz CT molecular complexity index is 805. The van der Waals surface area contributed by atoms with Gasteiger partial charge in [-0.25, -0.2) is 4.79 Å². The standard InChI is InChI=1S/C19H17F6NO3/c1-29-16(27)15(11-12-5-3-2-4-6-12)26-14-9-7-13(8-10-14)17(28,18(20,21)22)19(23,24)25/h2-10,15,26,28H,11H2,1H3. The molecule has 1 unspecified atom stereocenters. The topological polar surface area (TPSA) is 58.6 Å². The molecule has 0 spiro atoms. The molecule has 1 atom stereocenters. The zero-order valence-corrected chi connectivity index (χ0v) is 15.0. The molecule has 0 radical (unpaired) electrons. The first-order valence-electron chi connectivity index (χ1n) is 8.25. The molecule has 0 aromatic heterocycles. The van der Waals surface area contributed by atoms with Crippen LogP contribution in [0.4, 0.5) is 32.0 Å². The van der Waals surface area contributed by atoms with E-state index in [1.165, 1.54) is 0 Å². The summed E-state index contributed by atoms with van der Waals surface area (Å²) in [5, 5.41) is 12.1. The van der Waals surface area contributed by atoms with Crippen LogP contribution in [-0.2, 0) is 21.6 Å². The second-order valence-electron chi connectivity index (χ2n) is 6.19. The lowest BCUT2D eigenvalue weighted by Crippen LogP contribution is -2.53. The van der Waals surface area contributed by atoms with Gasteiger partial charge in [0.25, 0.3) is 5.60 Å². The van der Waals surface area contributed by atoms with Crippen LogP contribution in [0.25, 0.3) is 0 Å². The number of rotatable bonds is 6. The predicted molar refractivity (Wildman–Crippen MR) is 92.0 cm³/mol. The molecule has 0 saturated heterocycles. The number of methoxy groups -OCH3 is 1. The molecule has 0 fully saturated rings. The van der Waals surface area contributed by atoms with Gasteiger partial charge in [-0.1, -0.05) is 42.5 Å². The maximum atomic E-state index is 12.9. The number of carbonyl (C=O) groups excluding carboxylic acids is 1. The van der Waals surface area contributed by atoms with Crippen LogP contribution in [0.2, 0.25) is 0 Å². The summed E-state index contributed by atoms with van der Waals surface area (Å²) >= 11 is 0. The Morgan fingerprint density at radius 2 is 1.48 bits per heavy atom. The molecule has 2 rings (SSSR count). The first-order chi connectivity index (χ1) is 13.4. The van der Waals surface area contributed by atoms with Gasteiger partial charge in [0.2, 0.25) is 0 Å². The van der Waals surface area contributed by atoms with Gasteiger partial charge in [-0.3, -0.25) is 0 Å². The summed E-state index contributed by atoms with van der Waals surface area (Å²) in [7, 11) is 1.15. The van der Waals surface area contributed by atoms with Crippen LogP contribution in [0.3, 0.4) is 0 Å². The Balaban J connectivity index is 2.28. The van der Waals surface area contributed by atoms with Crippen LogP contribution in [0.15, 0.2) is 54.6 Å². The van der Waals surface area contributed by atoms with Gasteiger partial charge in [0.15, 0.2) is 0 Å². The average molecular weight is 421 g/mol. The summed E-state index contributed by atoms with van der Waals surface area (Å²) < 4.78 is 82.3. The van der Waals surface area contributed by atoms with Gasteiger partial charge in [-0.15, -0.1) is 0 Å². The van der Waals surface area contributed by atoms with Gasteiger partial charge in [-0.2, -0.15) is 26.3 Å². The number of hydrogen-bond donors (Lipinski definition) is 2. The van der Waals surface area contributed by atoms with E-state index in [-0.39, 0.29) is 12.1 Å². The van der Waals surface area contributed by atoms with Crippen molar-refractivity contribution in [1.29, 1.82) is 0 Å². The monoisotopic (exact) mass is 421 g/mol. The zero-order valence-electron chi connectivity index (χ0n) is 15.0. The van der Waals surface area contributed by atoms with Crippen LogP contribution < -0.4 is 5.32 Å². The van der Waals surface area contributed by atoms with Crippen LogP contribution in [-0.4, -0.2) is 36.6 Å². The second-order valence-corrected chi connectivity index (χ2v) is 6.19. The lowest BCUT2D eigenvalue weighted by atomic mass is 9.92. The Kier molecular flexibility index (Phi) is 6.46. The average Bonchev–Trinajstić information content (AvgIpc) is 2.66. The highest BCUT2D eigenvalue weighted by molar-refractivity contribution is 5.79. The third kappa shape index (κ3) is 4.81. The molecule has 158 valence electrons. The number of aliphatic hydroxyl groups is 1.